The van der Waals surface area contributed by atoms with E-state index in [1.54, 1.807) is 6.20 Å². The van der Waals surface area contributed by atoms with Gasteiger partial charge in [0, 0.05) is 16.1 Å². The van der Waals surface area contributed by atoms with Crippen LogP contribution in [-0.2, 0) is 0 Å². The van der Waals surface area contributed by atoms with E-state index in [1.165, 1.54) is 0 Å². The van der Waals surface area contributed by atoms with Crippen LogP contribution in [0.15, 0.2) is 27.3 Å². The van der Waals surface area contributed by atoms with Crippen molar-refractivity contribution in [1.82, 2.24) is 4.98 Å². The molecule has 0 bridgehead atoms. The fraction of sp³-hybridized carbons (Fsp3) is 0.100. The number of aryl methyl sites for hydroxylation is 1. The molecule has 0 fully saturated rings. The second kappa shape index (κ2) is 3.51. The molecule has 0 radical (unpaired) electrons. The van der Waals surface area contributed by atoms with Crippen molar-refractivity contribution in [3.63, 3.8) is 0 Å². The van der Waals surface area contributed by atoms with Crippen LogP contribution in [0.1, 0.15) is 5.56 Å². The molecule has 0 saturated heterocycles. The van der Waals surface area contributed by atoms with Gasteiger partial charge in [-0.2, -0.15) is 0 Å². The maximum atomic E-state index is 5.95. The minimum absolute atomic E-state index is 0.736. The van der Waals surface area contributed by atoms with Crippen LogP contribution in [0.3, 0.4) is 0 Å². The molecule has 0 amide bonds. The largest absolute Gasteiger partial charge is 0.397 e. The first-order valence-corrected chi connectivity index (χ1v) is 5.68. The molecule has 0 aliphatic rings. The SMILES string of the molecule is Cc1cc(Br)c2ncc(Br)c(N)c2c1. The Morgan fingerprint density at radius 1 is 1.21 bits per heavy atom. The highest BCUT2D eigenvalue weighted by Crippen LogP contribution is 2.31. The zero-order valence-electron chi connectivity index (χ0n) is 7.51. The molecule has 0 atom stereocenters. The van der Waals surface area contributed by atoms with Crippen molar-refractivity contribution in [3.05, 3.63) is 32.8 Å². The Balaban J connectivity index is 2.95. The highest BCUT2D eigenvalue weighted by molar-refractivity contribution is 9.11. The monoisotopic (exact) mass is 314 g/mol. The van der Waals surface area contributed by atoms with E-state index in [-0.39, 0.29) is 0 Å². The molecule has 0 saturated carbocycles. The van der Waals surface area contributed by atoms with E-state index >= 15 is 0 Å². The van der Waals surface area contributed by atoms with Crippen molar-refractivity contribution in [2.24, 2.45) is 0 Å². The topological polar surface area (TPSA) is 38.9 Å². The van der Waals surface area contributed by atoms with E-state index in [4.69, 9.17) is 5.73 Å². The van der Waals surface area contributed by atoms with Crippen molar-refractivity contribution in [3.8, 4) is 0 Å². The molecule has 1 aromatic heterocycles. The highest BCUT2D eigenvalue weighted by atomic mass is 79.9. The lowest BCUT2D eigenvalue weighted by atomic mass is 10.1. The summed E-state index contributed by atoms with van der Waals surface area (Å²) >= 11 is 6.84. The summed E-state index contributed by atoms with van der Waals surface area (Å²) in [6.45, 7) is 2.03. The van der Waals surface area contributed by atoms with Gasteiger partial charge in [-0.15, -0.1) is 0 Å². The number of anilines is 1. The fourth-order valence-electron chi connectivity index (χ4n) is 1.39. The van der Waals surface area contributed by atoms with Crippen molar-refractivity contribution >= 4 is 48.5 Å². The standard InChI is InChI=1S/C10H8Br2N2/c1-5-2-6-9(13)8(12)4-14-10(6)7(11)3-5/h2-4H,1H3,(H2,13,14). The molecule has 2 aromatic rings. The van der Waals surface area contributed by atoms with Gasteiger partial charge in [0.15, 0.2) is 0 Å². The summed E-state index contributed by atoms with van der Waals surface area (Å²) in [4.78, 5) is 4.31. The quantitative estimate of drug-likeness (QED) is 0.806. The molecule has 0 aliphatic carbocycles. The summed E-state index contributed by atoms with van der Waals surface area (Å²) in [5, 5.41) is 0.978. The number of rotatable bonds is 0. The van der Waals surface area contributed by atoms with Crippen LogP contribution >= 0.6 is 31.9 Å². The zero-order chi connectivity index (χ0) is 10.3. The maximum Gasteiger partial charge on any atom is 0.0865 e. The van der Waals surface area contributed by atoms with Gasteiger partial charge in [0.2, 0.25) is 0 Å². The molecule has 2 N–H and O–H groups in total. The lowest BCUT2D eigenvalue weighted by Crippen LogP contribution is -1.92. The Bertz CT molecular complexity index is 509. The average molecular weight is 316 g/mol. The molecule has 0 spiro atoms. The van der Waals surface area contributed by atoms with E-state index < -0.39 is 0 Å². The predicted octanol–water partition coefficient (Wildman–Crippen LogP) is 3.65. The van der Waals surface area contributed by atoms with Gasteiger partial charge >= 0.3 is 0 Å². The minimum Gasteiger partial charge on any atom is -0.397 e. The number of aromatic nitrogens is 1. The van der Waals surface area contributed by atoms with Crippen LogP contribution in [-0.4, -0.2) is 4.98 Å². The summed E-state index contributed by atoms with van der Waals surface area (Å²) in [6, 6.07) is 4.07. The molecule has 2 nitrogen and oxygen atoms in total. The number of pyridine rings is 1. The van der Waals surface area contributed by atoms with Crippen molar-refractivity contribution < 1.29 is 0 Å². The van der Waals surface area contributed by atoms with Crippen LogP contribution in [0.4, 0.5) is 5.69 Å². The second-order valence-electron chi connectivity index (χ2n) is 3.16. The smallest absolute Gasteiger partial charge is 0.0865 e. The first-order valence-electron chi connectivity index (χ1n) is 4.09. The number of nitrogen functional groups attached to an aromatic ring is 1. The zero-order valence-corrected chi connectivity index (χ0v) is 10.7. The highest BCUT2D eigenvalue weighted by Gasteiger charge is 2.06. The molecular weight excluding hydrogens is 308 g/mol. The van der Waals surface area contributed by atoms with Crippen molar-refractivity contribution in [2.75, 3.05) is 5.73 Å². The Kier molecular flexibility index (Phi) is 2.49. The molecule has 2 rings (SSSR count). The van der Waals surface area contributed by atoms with Gasteiger partial charge in [-0.05, 0) is 56.5 Å². The molecule has 1 heterocycles. The second-order valence-corrected chi connectivity index (χ2v) is 4.87. The van der Waals surface area contributed by atoms with Gasteiger partial charge in [0.25, 0.3) is 0 Å². The first kappa shape index (κ1) is 9.93. The minimum atomic E-state index is 0.736. The van der Waals surface area contributed by atoms with Crippen LogP contribution in [0.5, 0.6) is 0 Å². The number of hydrogen-bond acceptors (Lipinski definition) is 2. The van der Waals surface area contributed by atoms with Crippen LogP contribution in [0.2, 0.25) is 0 Å². The third-order valence-electron chi connectivity index (χ3n) is 2.06. The summed E-state index contributed by atoms with van der Waals surface area (Å²) < 4.78 is 1.81. The number of hydrogen-bond donors (Lipinski definition) is 1. The van der Waals surface area contributed by atoms with Crippen LogP contribution < -0.4 is 5.73 Å². The number of benzene rings is 1. The molecule has 1 aromatic carbocycles. The first-order chi connectivity index (χ1) is 6.59. The molecule has 0 aliphatic heterocycles. The summed E-state index contributed by atoms with van der Waals surface area (Å²) in [6.07, 6.45) is 1.72. The Morgan fingerprint density at radius 2 is 1.93 bits per heavy atom. The number of halogens is 2. The Labute approximate surface area is 98.8 Å². The Morgan fingerprint density at radius 3 is 2.64 bits per heavy atom. The van der Waals surface area contributed by atoms with Gasteiger partial charge < -0.3 is 5.73 Å². The van der Waals surface area contributed by atoms with Gasteiger partial charge in [-0.1, -0.05) is 0 Å². The molecule has 4 heteroatoms. The molecule has 72 valence electrons. The van der Waals surface area contributed by atoms with Crippen LogP contribution in [0.25, 0.3) is 10.9 Å². The molecular formula is C10H8Br2N2. The lowest BCUT2D eigenvalue weighted by molar-refractivity contribution is 1.36. The van der Waals surface area contributed by atoms with Gasteiger partial charge in [0.1, 0.15) is 0 Å². The average Bonchev–Trinajstić information content (AvgIpc) is 2.12. The molecule has 0 unspecified atom stereocenters. The third-order valence-corrected chi connectivity index (χ3v) is 3.30. The fourth-order valence-corrected chi connectivity index (χ4v) is 2.38. The van der Waals surface area contributed by atoms with E-state index in [9.17, 15) is 0 Å². The summed E-state index contributed by atoms with van der Waals surface area (Å²) in [5.74, 6) is 0. The maximum absolute atomic E-state index is 5.95. The van der Waals surface area contributed by atoms with Gasteiger partial charge in [-0.25, -0.2) is 0 Å². The lowest BCUT2D eigenvalue weighted by Gasteiger charge is -2.06. The van der Waals surface area contributed by atoms with E-state index in [0.29, 0.717) is 0 Å². The normalized spacial score (nSPS) is 10.8. The predicted molar refractivity (Wildman–Crippen MR) is 66.3 cm³/mol. The molecule has 14 heavy (non-hydrogen) atoms. The van der Waals surface area contributed by atoms with E-state index in [1.807, 2.05) is 19.1 Å². The van der Waals surface area contributed by atoms with E-state index in [2.05, 4.69) is 36.8 Å². The number of fused-ring (bicyclic) bond motifs is 1. The van der Waals surface area contributed by atoms with Gasteiger partial charge in [0.05, 0.1) is 15.7 Å². The summed E-state index contributed by atoms with van der Waals surface area (Å²) in [5.41, 5.74) is 8.75. The van der Waals surface area contributed by atoms with Gasteiger partial charge in [-0.3, -0.25) is 4.98 Å². The third kappa shape index (κ3) is 1.53. The van der Waals surface area contributed by atoms with E-state index in [0.717, 1.165) is 31.1 Å². The van der Waals surface area contributed by atoms with Crippen molar-refractivity contribution in [1.29, 1.82) is 0 Å². The number of nitrogens with two attached hydrogens (primary N) is 1. The number of nitrogens with zero attached hydrogens (tertiary/aromatic N) is 1. The van der Waals surface area contributed by atoms with Crippen LogP contribution in [0, 0.1) is 6.92 Å². The summed E-state index contributed by atoms with van der Waals surface area (Å²) in [7, 11) is 0. The Hall–Kier alpha value is -0.610. The van der Waals surface area contributed by atoms with Crippen molar-refractivity contribution in [2.45, 2.75) is 6.92 Å².